The quantitative estimate of drug-likeness (QED) is 0.650. The van der Waals surface area contributed by atoms with Crippen molar-refractivity contribution < 1.29 is 18.7 Å². The van der Waals surface area contributed by atoms with Crippen LogP contribution in [0.2, 0.25) is 0 Å². The van der Waals surface area contributed by atoms with Gasteiger partial charge in [-0.05, 0) is 42.0 Å². The van der Waals surface area contributed by atoms with Crippen molar-refractivity contribution in [3.05, 3.63) is 84.3 Å². The predicted molar refractivity (Wildman–Crippen MR) is 106 cm³/mol. The highest BCUT2D eigenvalue weighted by Gasteiger charge is 2.17. The Bertz CT molecular complexity index is 890. The summed E-state index contributed by atoms with van der Waals surface area (Å²) in [5.41, 5.74) is 1.79. The third-order valence-corrected chi connectivity index (χ3v) is 4.24. The zero-order valence-corrected chi connectivity index (χ0v) is 15.6. The van der Waals surface area contributed by atoms with Gasteiger partial charge in [0.15, 0.2) is 5.76 Å². The van der Waals surface area contributed by atoms with Crippen LogP contribution in [-0.4, -0.2) is 25.5 Å². The van der Waals surface area contributed by atoms with Crippen LogP contribution < -0.4 is 15.0 Å². The monoisotopic (exact) mass is 378 g/mol. The third-order valence-electron chi connectivity index (χ3n) is 4.24. The topological polar surface area (TPSA) is 71.8 Å². The number of nitrogens with zero attached hydrogens (tertiary/aromatic N) is 1. The number of methoxy groups -OCH3 is 1. The summed E-state index contributed by atoms with van der Waals surface area (Å²) >= 11 is 0. The molecule has 0 atom stereocenters. The van der Waals surface area contributed by atoms with Gasteiger partial charge in [-0.1, -0.05) is 30.3 Å². The van der Waals surface area contributed by atoms with Crippen LogP contribution in [0.3, 0.4) is 0 Å². The minimum Gasteiger partial charge on any atom is -0.497 e. The van der Waals surface area contributed by atoms with E-state index in [1.54, 1.807) is 24.1 Å². The SMILES string of the molecule is COc1ccc(N(Cc2ccccc2)C(=O)CCNC(=O)c2ccco2)cc1. The van der Waals surface area contributed by atoms with E-state index in [0.717, 1.165) is 17.0 Å². The number of anilines is 1. The molecule has 0 fully saturated rings. The first-order valence-electron chi connectivity index (χ1n) is 8.97. The lowest BCUT2D eigenvalue weighted by atomic mass is 10.1. The molecule has 0 aliphatic carbocycles. The van der Waals surface area contributed by atoms with Crippen LogP contribution in [0.15, 0.2) is 77.4 Å². The molecule has 0 aliphatic heterocycles. The highest BCUT2D eigenvalue weighted by atomic mass is 16.5. The van der Waals surface area contributed by atoms with Crippen molar-refractivity contribution >= 4 is 17.5 Å². The van der Waals surface area contributed by atoms with Gasteiger partial charge in [0.2, 0.25) is 5.91 Å². The van der Waals surface area contributed by atoms with E-state index in [2.05, 4.69) is 5.32 Å². The van der Waals surface area contributed by atoms with Gasteiger partial charge in [0, 0.05) is 18.7 Å². The molecule has 1 N–H and O–H groups in total. The highest BCUT2D eigenvalue weighted by Crippen LogP contribution is 2.22. The molecule has 0 aliphatic rings. The maximum atomic E-state index is 12.9. The summed E-state index contributed by atoms with van der Waals surface area (Å²) in [5, 5.41) is 2.70. The van der Waals surface area contributed by atoms with Gasteiger partial charge < -0.3 is 19.4 Å². The second-order valence-corrected chi connectivity index (χ2v) is 6.15. The first-order chi connectivity index (χ1) is 13.7. The lowest BCUT2D eigenvalue weighted by Gasteiger charge is -2.23. The standard InChI is InChI=1S/C22H22N2O4/c1-27-19-11-9-18(10-12-19)24(16-17-6-3-2-4-7-17)21(25)13-14-23-22(26)20-8-5-15-28-20/h2-12,15H,13-14,16H2,1H3,(H,23,26). The van der Waals surface area contributed by atoms with E-state index in [0.29, 0.717) is 6.54 Å². The molecule has 3 rings (SSSR count). The highest BCUT2D eigenvalue weighted by molar-refractivity contribution is 5.95. The van der Waals surface area contributed by atoms with Crippen LogP contribution in [0.5, 0.6) is 5.75 Å². The summed E-state index contributed by atoms with van der Waals surface area (Å²) in [5.74, 6) is 0.524. The zero-order chi connectivity index (χ0) is 19.8. The van der Waals surface area contributed by atoms with Crippen molar-refractivity contribution in [1.29, 1.82) is 0 Å². The zero-order valence-electron chi connectivity index (χ0n) is 15.6. The van der Waals surface area contributed by atoms with Crippen LogP contribution >= 0.6 is 0 Å². The number of hydrogen-bond donors (Lipinski definition) is 1. The van der Waals surface area contributed by atoms with Gasteiger partial charge in [0.1, 0.15) is 5.75 Å². The number of furan rings is 1. The second kappa shape index (κ2) is 9.41. The van der Waals surface area contributed by atoms with Gasteiger partial charge in [-0.25, -0.2) is 0 Å². The first kappa shape index (κ1) is 19.2. The Labute approximate surface area is 163 Å². The van der Waals surface area contributed by atoms with Crippen LogP contribution in [0, 0.1) is 0 Å². The fourth-order valence-corrected chi connectivity index (χ4v) is 2.76. The summed E-state index contributed by atoms with van der Waals surface area (Å²) in [6, 6.07) is 20.3. The molecule has 2 amide bonds. The number of carbonyl (C=O) groups is 2. The fourth-order valence-electron chi connectivity index (χ4n) is 2.76. The molecule has 0 spiro atoms. The van der Waals surface area contributed by atoms with Crippen molar-refractivity contribution in [2.75, 3.05) is 18.6 Å². The predicted octanol–water partition coefficient (Wildman–Crippen LogP) is 3.64. The summed E-state index contributed by atoms with van der Waals surface area (Å²) in [6.07, 6.45) is 1.61. The van der Waals surface area contributed by atoms with Gasteiger partial charge in [-0.3, -0.25) is 9.59 Å². The maximum absolute atomic E-state index is 12.9. The molecule has 0 unspecified atom stereocenters. The molecule has 2 aromatic carbocycles. The summed E-state index contributed by atoms with van der Waals surface area (Å²) in [6.45, 7) is 0.665. The third kappa shape index (κ3) is 5.01. The molecular weight excluding hydrogens is 356 g/mol. The molecular formula is C22H22N2O4. The van der Waals surface area contributed by atoms with Crippen LogP contribution in [0.1, 0.15) is 22.5 Å². The number of ether oxygens (including phenoxy) is 1. The molecule has 144 valence electrons. The Morgan fingerprint density at radius 3 is 2.39 bits per heavy atom. The number of benzene rings is 2. The smallest absolute Gasteiger partial charge is 0.286 e. The minimum atomic E-state index is -0.336. The number of rotatable bonds is 8. The Kier molecular flexibility index (Phi) is 6.46. The number of amides is 2. The van der Waals surface area contributed by atoms with Crippen molar-refractivity contribution in [1.82, 2.24) is 5.32 Å². The van der Waals surface area contributed by atoms with Crippen molar-refractivity contribution in [3.63, 3.8) is 0 Å². The molecule has 6 nitrogen and oxygen atoms in total. The number of carbonyl (C=O) groups excluding carboxylic acids is 2. The first-order valence-corrected chi connectivity index (χ1v) is 8.97. The van der Waals surface area contributed by atoms with Gasteiger partial charge in [-0.15, -0.1) is 0 Å². The van der Waals surface area contributed by atoms with Gasteiger partial charge in [0.25, 0.3) is 5.91 Å². The van der Waals surface area contributed by atoms with E-state index in [1.165, 1.54) is 6.26 Å². The normalized spacial score (nSPS) is 10.3. The maximum Gasteiger partial charge on any atom is 0.286 e. The molecule has 6 heteroatoms. The van der Waals surface area contributed by atoms with Crippen LogP contribution in [0.4, 0.5) is 5.69 Å². The molecule has 1 heterocycles. The molecule has 3 aromatic rings. The Morgan fingerprint density at radius 2 is 1.75 bits per heavy atom. The summed E-state index contributed by atoms with van der Waals surface area (Å²) < 4.78 is 10.2. The largest absolute Gasteiger partial charge is 0.497 e. The van der Waals surface area contributed by atoms with Crippen molar-refractivity contribution in [2.45, 2.75) is 13.0 Å². The van der Waals surface area contributed by atoms with E-state index in [4.69, 9.17) is 9.15 Å². The fraction of sp³-hybridized carbons (Fsp3) is 0.182. The van der Waals surface area contributed by atoms with Crippen LogP contribution in [-0.2, 0) is 11.3 Å². The van der Waals surface area contributed by atoms with Gasteiger partial charge in [0.05, 0.1) is 19.9 Å². The summed E-state index contributed by atoms with van der Waals surface area (Å²) in [7, 11) is 1.60. The van der Waals surface area contributed by atoms with Gasteiger partial charge in [-0.2, -0.15) is 0 Å². The Balaban J connectivity index is 1.67. The average Bonchev–Trinajstić information content (AvgIpc) is 3.28. The molecule has 0 saturated carbocycles. The van der Waals surface area contributed by atoms with Crippen molar-refractivity contribution in [2.24, 2.45) is 0 Å². The second-order valence-electron chi connectivity index (χ2n) is 6.15. The van der Waals surface area contributed by atoms with Gasteiger partial charge >= 0.3 is 0 Å². The number of hydrogen-bond acceptors (Lipinski definition) is 4. The van der Waals surface area contributed by atoms with E-state index in [-0.39, 0.29) is 30.5 Å². The minimum absolute atomic E-state index is 0.0891. The Morgan fingerprint density at radius 1 is 1.00 bits per heavy atom. The molecule has 0 radical (unpaired) electrons. The Hall–Kier alpha value is -3.54. The molecule has 1 aromatic heterocycles. The van der Waals surface area contributed by atoms with E-state index < -0.39 is 0 Å². The molecule has 28 heavy (non-hydrogen) atoms. The average molecular weight is 378 g/mol. The van der Waals surface area contributed by atoms with E-state index >= 15 is 0 Å². The molecule has 0 saturated heterocycles. The number of nitrogens with one attached hydrogen (secondary N) is 1. The molecule has 0 bridgehead atoms. The summed E-state index contributed by atoms with van der Waals surface area (Å²) in [4.78, 5) is 26.5. The van der Waals surface area contributed by atoms with Crippen LogP contribution in [0.25, 0.3) is 0 Å². The van der Waals surface area contributed by atoms with Crippen molar-refractivity contribution in [3.8, 4) is 5.75 Å². The lowest BCUT2D eigenvalue weighted by Crippen LogP contribution is -2.34. The van der Waals surface area contributed by atoms with E-state index in [1.807, 2.05) is 54.6 Å². The lowest BCUT2D eigenvalue weighted by molar-refractivity contribution is -0.118. The van der Waals surface area contributed by atoms with E-state index in [9.17, 15) is 9.59 Å².